The molecule has 104 valence electrons. The van der Waals surface area contributed by atoms with E-state index in [4.69, 9.17) is 0 Å². The summed E-state index contributed by atoms with van der Waals surface area (Å²) < 4.78 is 25.8. The van der Waals surface area contributed by atoms with Gasteiger partial charge in [-0.3, -0.25) is 0 Å². The average Bonchev–Trinajstić information content (AvgIpc) is 2.14. The molecule has 6 heteroatoms. The quantitative estimate of drug-likeness (QED) is 0.854. The van der Waals surface area contributed by atoms with Crippen LogP contribution < -0.4 is 5.32 Å². The van der Waals surface area contributed by atoms with Crippen LogP contribution in [0, 0.1) is 5.41 Å². The Morgan fingerprint density at radius 3 is 2.06 bits per heavy atom. The summed E-state index contributed by atoms with van der Waals surface area (Å²) in [4.78, 5) is 0. The number of piperidine rings is 1. The van der Waals surface area contributed by atoms with E-state index in [0.717, 1.165) is 12.8 Å². The first-order chi connectivity index (χ1) is 7.24. The SMILES string of the molecule is CNC1CCN(S(=O)(=O)CC(C)(C)C)CC1.Cl. The van der Waals surface area contributed by atoms with Gasteiger partial charge in [-0.05, 0) is 25.3 Å². The molecule has 1 saturated heterocycles. The third-order valence-electron chi connectivity index (χ3n) is 2.87. The summed E-state index contributed by atoms with van der Waals surface area (Å²) in [5.74, 6) is 0.240. The first kappa shape index (κ1) is 17.2. The molecule has 0 unspecified atom stereocenters. The van der Waals surface area contributed by atoms with Gasteiger partial charge in [0.05, 0.1) is 5.75 Å². The molecule has 0 amide bonds. The van der Waals surface area contributed by atoms with Crippen LogP contribution in [0.1, 0.15) is 33.6 Å². The molecule has 0 aromatic heterocycles. The molecule has 0 aromatic carbocycles. The van der Waals surface area contributed by atoms with Crippen LogP contribution in [0.5, 0.6) is 0 Å². The molecular weight excluding hydrogens is 260 g/mol. The van der Waals surface area contributed by atoms with Gasteiger partial charge in [-0.1, -0.05) is 20.8 Å². The van der Waals surface area contributed by atoms with E-state index in [2.05, 4.69) is 5.32 Å². The average molecular weight is 285 g/mol. The van der Waals surface area contributed by atoms with Crippen molar-refractivity contribution < 1.29 is 8.42 Å². The van der Waals surface area contributed by atoms with Crippen LogP contribution in [0.4, 0.5) is 0 Å². The summed E-state index contributed by atoms with van der Waals surface area (Å²) in [6.07, 6.45) is 1.83. The number of halogens is 1. The lowest BCUT2D eigenvalue weighted by atomic mass is 10.0. The van der Waals surface area contributed by atoms with Crippen molar-refractivity contribution in [2.24, 2.45) is 5.41 Å². The minimum atomic E-state index is -3.07. The number of hydrogen-bond donors (Lipinski definition) is 1. The summed E-state index contributed by atoms with van der Waals surface area (Å²) >= 11 is 0. The molecule has 1 N–H and O–H groups in total. The van der Waals surface area contributed by atoms with E-state index in [-0.39, 0.29) is 23.6 Å². The second-order valence-electron chi connectivity index (χ2n) is 5.78. The van der Waals surface area contributed by atoms with Gasteiger partial charge >= 0.3 is 0 Å². The second kappa shape index (κ2) is 6.36. The van der Waals surface area contributed by atoms with E-state index in [0.29, 0.717) is 19.1 Å². The van der Waals surface area contributed by atoms with Crippen LogP contribution >= 0.6 is 12.4 Å². The topological polar surface area (TPSA) is 49.4 Å². The summed E-state index contributed by atoms with van der Waals surface area (Å²) in [6.45, 7) is 7.20. The first-order valence-electron chi connectivity index (χ1n) is 5.90. The van der Waals surface area contributed by atoms with Crippen molar-refractivity contribution >= 4 is 22.4 Å². The highest BCUT2D eigenvalue weighted by Crippen LogP contribution is 2.21. The molecular formula is C11H25ClN2O2S. The van der Waals surface area contributed by atoms with Crippen LogP contribution in [0.2, 0.25) is 0 Å². The van der Waals surface area contributed by atoms with Gasteiger partial charge in [0.2, 0.25) is 10.0 Å². The number of nitrogens with zero attached hydrogens (tertiary/aromatic N) is 1. The van der Waals surface area contributed by atoms with E-state index >= 15 is 0 Å². The molecule has 1 heterocycles. The Morgan fingerprint density at radius 1 is 1.24 bits per heavy atom. The number of hydrogen-bond acceptors (Lipinski definition) is 3. The summed E-state index contributed by atoms with van der Waals surface area (Å²) in [6, 6.07) is 0.473. The van der Waals surface area contributed by atoms with Crippen molar-refractivity contribution in [3.05, 3.63) is 0 Å². The maximum Gasteiger partial charge on any atom is 0.214 e. The Kier molecular flexibility index (Phi) is 6.42. The monoisotopic (exact) mass is 284 g/mol. The molecule has 0 atom stereocenters. The Morgan fingerprint density at radius 2 is 1.71 bits per heavy atom. The van der Waals surface area contributed by atoms with Crippen LogP contribution in [0.25, 0.3) is 0 Å². The molecule has 0 aromatic rings. The van der Waals surface area contributed by atoms with Crippen molar-refractivity contribution in [3.8, 4) is 0 Å². The van der Waals surface area contributed by atoms with Crippen molar-refractivity contribution in [1.29, 1.82) is 0 Å². The second-order valence-corrected chi connectivity index (χ2v) is 7.75. The standard InChI is InChI=1S/C11H24N2O2S.ClH/c1-11(2,3)9-16(14,15)13-7-5-10(12-4)6-8-13;/h10,12H,5-9H2,1-4H3;1H. The van der Waals surface area contributed by atoms with Crippen LogP contribution in [0.3, 0.4) is 0 Å². The molecule has 0 saturated carbocycles. The number of rotatable bonds is 3. The lowest BCUT2D eigenvalue weighted by Crippen LogP contribution is -2.46. The van der Waals surface area contributed by atoms with E-state index in [1.807, 2.05) is 27.8 Å². The lowest BCUT2D eigenvalue weighted by Gasteiger charge is -2.32. The minimum Gasteiger partial charge on any atom is -0.317 e. The van der Waals surface area contributed by atoms with Gasteiger partial charge in [-0.15, -0.1) is 12.4 Å². The van der Waals surface area contributed by atoms with Crippen LogP contribution in [0.15, 0.2) is 0 Å². The van der Waals surface area contributed by atoms with Gasteiger partial charge in [0.1, 0.15) is 0 Å². The first-order valence-corrected chi connectivity index (χ1v) is 7.50. The van der Waals surface area contributed by atoms with Gasteiger partial charge in [-0.2, -0.15) is 0 Å². The zero-order chi connectivity index (χ0) is 12.4. The van der Waals surface area contributed by atoms with Crippen LogP contribution in [-0.4, -0.2) is 44.7 Å². The Hall–Kier alpha value is 0.160. The Bertz CT molecular complexity index is 317. The Balaban J connectivity index is 0.00000256. The molecule has 4 nitrogen and oxygen atoms in total. The van der Waals surface area contributed by atoms with Crippen molar-refractivity contribution in [2.75, 3.05) is 25.9 Å². The summed E-state index contributed by atoms with van der Waals surface area (Å²) in [5.41, 5.74) is -0.168. The molecule has 17 heavy (non-hydrogen) atoms. The fraction of sp³-hybridized carbons (Fsp3) is 1.00. The zero-order valence-electron chi connectivity index (χ0n) is 11.2. The highest BCUT2D eigenvalue weighted by Gasteiger charge is 2.30. The minimum absolute atomic E-state index is 0. The summed E-state index contributed by atoms with van der Waals surface area (Å²) in [5, 5.41) is 3.20. The van der Waals surface area contributed by atoms with E-state index in [9.17, 15) is 8.42 Å². The smallest absolute Gasteiger partial charge is 0.214 e. The molecule has 0 spiro atoms. The maximum absolute atomic E-state index is 12.1. The molecule has 0 aliphatic carbocycles. The number of sulfonamides is 1. The van der Waals surface area contributed by atoms with E-state index in [1.54, 1.807) is 4.31 Å². The highest BCUT2D eigenvalue weighted by molar-refractivity contribution is 7.89. The molecule has 1 aliphatic rings. The predicted molar refractivity (Wildman–Crippen MR) is 74.1 cm³/mol. The molecule has 1 aliphatic heterocycles. The lowest BCUT2D eigenvalue weighted by molar-refractivity contribution is 0.294. The Labute approximate surface area is 112 Å². The van der Waals surface area contributed by atoms with Crippen molar-refractivity contribution in [3.63, 3.8) is 0 Å². The molecule has 1 fully saturated rings. The van der Waals surface area contributed by atoms with Gasteiger partial charge in [-0.25, -0.2) is 12.7 Å². The largest absolute Gasteiger partial charge is 0.317 e. The normalized spacial score (nSPS) is 20.0. The number of nitrogens with one attached hydrogen (secondary N) is 1. The van der Waals surface area contributed by atoms with E-state index in [1.165, 1.54) is 0 Å². The fourth-order valence-electron chi connectivity index (χ4n) is 2.06. The fourth-order valence-corrected chi connectivity index (χ4v) is 4.11. The third-order valence-corrected chi connectivity index (χ3v) is 5.25. The van der Waals surface area contributed by atoms with Gasteiger partial charge < -0.3 is 5.32 Å². The van der Waals surface area contributed by atoms with E-state index < -0.39 is 10.0 Å². The predicted octanol–water partition coefficient (Wildman–Crippen LogP) is 1.47. The van der Waals surface area contributed by atoms with Crippen molar-refractivity contribution in [1.82, 2.24) is 9.62 Å². The van der Waals surface area contributed by atoms with Crippen LogP contribution in [-0.2, 0) is 10.0 Å². The third kappa shape index (κ3) is 5.55. The molecule has 1 rings (SSSR count). The summed E-state index contributed by atoms with van der Waals surface area (Å²) in [7, 11) is -1.13. The van der Waals surface area contributed by atoms with Gasteiger partial charge in [0, 0.05) is 19.1 Å². The van der Waals surface area contributed by atoms with Gasteiger partial charge in [0.25, 0.3) is 0 Å². The maximum atomic E-state index is 12.1. The van der Waals surface area contributed by atoms with Crippen molar-refractivity contribution in [2.45, 2.75) is 39.7 Å². The molecule has 0 bridgehead atoms. The highest BCUT2D eigenvalue weighted by atomic mass is 35.5. The zero-order valence-corrected chi connectivity index (χ0v) is 12.8. The van der Waals surface area contributed by atoms with Gasteiger partial charge in [0.15, 0.2) is 0 Å². The molecule has 0 radical (unpaired) electrons.